The second kappa shape index (κ2) is 7.46. The molecular formula is C18H22N4O3. The van der Waals surface area contributed by atoms with Crippen molar-refractivity contribution in [2.45, 2.75) is 26.7 Å². The molecular weight excluding hydrogens is 320 g/mol. The Kier molecular flexibility index (Phi) is 5.11. The number of aryl methyl sites for hydroxylation is 2. The van der Waals surface area contributed by atoms with Gasteiger partial charge < -0.3 is 14.3 Å². The van der Waals surface area contributed by atoms with Crippen molar-refractivity contribution in [2.75, 3.05) is 26.2 Å². The van der Waals surface area contributed by atoms with Gasteiger partial charge in [-0.05, 0) is 25.5 Å². The highest BCUT2D eigenvalue weighted by molar-refractivity contribution is 5.96. The van der Waals surface area contributed by atoms with E-state index in [1.807, 2.05) is 6.92 Å². The van der Waals surface area contributed by atoms with Crippen LogP contribution in [0.15, 0.2) is 29.0 Å². The van der Waals surface area contributed by atoms with Crippen LogP contribution in [0.2, 0.25) is 0 Å². The van der Waals surface area contributed by atoms with Crippen LogP contribution in [0.5, 0.6) is 0 Å². The van der Waals surface area contributed by atoms with Crippen LogP contribution in [0.25, 0.3) is 0 Å². The Morgan fingerprint density at radius 2 is 1.72 bits per heavy atom. The fraction of sp³-hybridized carbons (Fsp3) is 0.444. The molecule has 0 saturated carbocycles. The molecule has 3 rings (SSSR count). The van der Waals surface area contributed by atoms with Crippen molar-refractivity contribution in [2.24, 2.45) is 0 Å². The second-order valence-electron chi connectivity index (χ2n) is 6.09. The van der Waals surface area contributed by atoms with Crippen LogP contribution < -0.4 is 0 Å². The Morgan fingerprint density at radius 3 is 2.36 bits per heavy atom. The summed E-state index contributed by atoms with van der Waals surface area (Å²) in [5.74, 6) is 0.539. The summed E-state index contributed by atoms with van der Waals surface area (Å²) in [4.78, 5) is 33.0. The van der Waals surface area contributed by atoms with Gasteiger partial charge in [-0.25, -0.2) is 0 Å². The van der Waals surface area contributed by atoms with E-state index in [-0.39, 0.29) is 11.8 Å². The summed E-state index contributed by atoms with van der Waals surface area (Å²) in [5, 5.41) is 3.92. The summed E-state index contributed by atoms with van der Waals surface area (Å²) in [6, 6.07) is 3.42. The third kappa shape index (κ3) is 3.55. The molecule has 0 radical (unpaired) electrons. The first-order valence-corrected chi connectivity index (χ1v) is 8.55. The number of pyridine rings is 1. The Balaban J connectivity index is 1.70. The predicted molar refractivity (Wildman–Crippen MR) is 91.3 cm³/mol. The minimum absolute atomic E-state index is 0.0212. The van der Waals surface area contributed by atoms with E-state index in [1.54, 1.807) is 41.2 Å². The fourth-order valence-electron chi connectivity index (χ4n) is 3.09. The fourth-order valence-corrected chi connectivity index (χ4v) is 3.09. The van der Waals surface area contributed by atoms with Gasteiger partial charge in [0.05, 0.1) is 5.69 Å². The van der Waals surface area contributed by atoms with Crippen LogP contribution in [0.3, 0.4) is 0 Å². The van der Waals surface area contributed by atoms with Gasteiger partial charge in [-0.3, -0.25) is 14.6 Å². The van der Waals surface area contributed by atoms with Gasteiger partial charge in [0.1, 0.15) is 11.3 Å². The number of hydrogen-bond donors (Lipinski definition) is 0. The summed E-state index contributed by atoms with van der Waals surface area (Å²) >= 11 is 0. The number of aromatic nitrogens is 2. The molecule has 1 aliphatic heterocycles. The largest absolute Gasteiger partial charge is 0.360 e. The maximum atomic E-state index is 12.9. The molecule has 2 amide bonds. The molecule has 3 heterocycles. The highest BCUT2D eigenvalue weighted by Crippen LogP contribution is 2.18. The molecule has 7 nitrogen and oxygen atoms in total. The van der Waals surface area contributed by atoms with E-state index in [0.29, 0.717) is 55.2 Å². The highest BCUT2D eigenvalue weighted by Gasteiger charge is 2.27. The standard InChI is InChI=1S/C18H22N4O3/c1-3-15-16(13(2)20-25-15)18(24)22-10-4-9-21(11-12-22)17(23)14-5-7-19-8-6-14/h5-8H,3-4,9-12H2,1-2H3. The number of amides is 2. The van der Waals surface area contributed by atoms with Gasteiger partial charge in [0.2, 0.25) is 0 Å². The smallest absolute Gasteiger partial charge is 0.259 e. The van der Waals surface area contributed by atoms with E-state index >= 15 is 0 Å². The Labute approximate surface area is 146 Å². The van der Waals surface area contributed by atoms with Gasteiger partial charge in [-0.15, -0.1) is 0 Å². The van der Waals surface area contributed by atoms with Gasteiger partial charge in [0.15, 0.2) is 0 Å². The molecule has 25 heavy (non-hydrogen) atoms. The number of rotatable bonds is 3. The summed E-state index contributed by atoms with van der Waals surface area (Å²) in [7, 11) is 0. The molecule has 0 unspecified atom stereocenters. The molecule has 0 N–H and O–H groups in total. The number of nitrogens with zero attached hydrogens (tertiary/aromatic N) is 4. The van der Waals surface area contributed by atoms with Crippen molar-refractivity contribution < 1.29 is 14.1 Å². The van der Waals surface area contributed by atoms with Crippen LogP contribution in [-0.2, 0) is 6.42 Å². The van der Waals surface area contributed by atoms with Gasteiger partial charge in [-0.1, -0.05) is 12.1 Å². The lowest BCUT2D eigenvalue weighted by molar-refractivity contribution is 0.0717. The summed E-state index contributed by atoms with van der Waals surface area (Å²) in [5.41, 5.74) is 1.81. The summed E-state index contributed by atoms with van der Waals surface area (Å²) in [6.45, 7) is 5.99. The van der Waals surface area contributed by atoms with Gasteiger partial charge in [0, 0.05) is 50.6 Å². The van der Waals surface area contributed by atoms with E-state index in [9.17, 15) is 9.59 Å². The quantitative estimate of drug-likeness (QED) is 0.851. The van der Waals surface area contributed by atoms with Crippen LogP contribution in [0.1, 0.15) is 45.5 Å². The van der Waals surface area contributed by atoms with E-state index < -0.39 is 0 Å². The topological polar surface area (TPSA) is 79.5 Å². The molecule has 0 spiro atoms. The zero-order valence-corrected chi connectivity index (χ0v) is 14.6. The van der Waals surface area contributed by atoms with E-state index in [4.69, 9.17) is 4.52 Å². The third-order valence-electron chi connectivity index (χ3n) is 4.47. The van der Waals surface area contributed by atoms with Crippen molar-refractivity contribution in [3.63, 3.8) is 0 Å². The molecule has 7 heteroatoms. The van der Waals surface area contributed by atoms with Gasteiger partial charge in [-0.2, -0.15) is 0 Å². The average molecular weight is 342 g/mol. The molecule has 0 atom stereocenters. The first-order chi connectivity index (χ1) is 12.1. The van der Waals surface area contributed by atoms with Crippen LogP contribution >= 0.6 is 0 Å². The van der Waals surface area contributed by atoms with Crippen molar-refractivity contribution in [3.05, 3.63) is 47.1 Å². The molecule has 2 aromatic rings. The van der Waals surface area contributed by atoms with Gasteiger partial charge in [0.25, 0.3) is 11.8 Å². The molecule has 1 aliphatic rings. The Morgan fingerprint density at radius 1 is 1.08 bits per heavy atom. The molecule has 132 valence electrons. The van der Waals surface area contributed by atoms with Gasteiger partial charge >= 0.3 is 0 Å². The Bertz CT molecular complexity index is 757. The Hall–Kier alpha value is -2.70. The lowest BCUT2D eigenvalue weighted by Crippen LogP contribution is -2.37. The third-order valence-corrected chi connectivity index (χ3v) is 4.47. The van der Waals surface area contributed by atoms with E-state index in [1.165, 1.54) is 0 Å². The molecule has 1 saturated heterocycles. The highest BCUT2D eigenvalue weighted by atomic mass is 16.5. The molecule has 0 bridgehead atoms. The maximum absolute atomic E-state index is 12.9. The lowest BCUT2D eigenvalue weighted by atomic mass is 10.1. The second-order valence-corrected chi connectivity index (χ2v) is 6.09. The molecule has 1 fully saturated rings. The van der Waals surface area contributed by atoms with Crippen LogP contribution in [0, 0.1) is 6.92 Å². The van der Waals surface area contributed by atoms with Crippen LogP contribution in [0.4, 0.5) is 0 Å². The van der Waals surface area contributed by atoms with Crippen molar-refractivity contribution in [1.29, 1.82) is 0 Å². The first-order valence-electron chi connectivity index (χ1n) is 8.55. The maximum Gasteiger partial charge on any atom is 0.259 e. The normalized spacial score (nSPS) is 15.1. The molecule has 2 aromatic heterocycles. The van der Waals surface area contributed by atoms with Crippen molar-refractivity contribution in [1.82, 2.24) is 19.9 Å². The first kappa shape index (κ1) is 17.1. The number of carbonyl (C=O) groups is 2. The minimum atomic E-state index is -0.0613. The average Bonchev–Trinajstić information content (AvgIpc) is 2.86. The molecule has 0 aliphatic carbocycles. The monoisotopic (exact) mass is 342 g/mol. The zero-order valence-electron chi connectivity index (χ0n) is 14.6. The van der Waals surface area contributed by atoms with Crippen molar-refractivity contribution >= 4 is 11.8 Å². The van der Waals surface area contributed by atoms with Crippen molar-refractivity contribution in [3.8, 4) is 0 Å². The SMILES string of the molecule is CCc1onc(C)c1C(=O)N1CCCN(C(=O)c2ccncc2)CC1. The van der Waals surface area contributed by atoms with E-state index in [2.05, 4.69) is 10.1 Å². The number of hydrogen-bond acceptors (Lipinski definition) is 5. The number of carbonyl (C=O) groups excluding carboxylic acids is 2. The van der Waals surface area contributed by atoms with E-state index in [0.717, 1.165) is 6.42 Å². The summed E-state index contributed by atoms with van der Waals surface area (Å²) in [6.07, 6.45) is 4.60. The lowest BCUT2D eigenvalue weighted by Gasteiger charge is -2.22. The molecule has 0 aromatic carbocycles. The predicted octanol–water partition coefficient (Wildman–Crippen LogP) is 1.93. The summed E-state index contributed by atoms with van der Waals surface area (Å²) < 4.78 is 5.24. The minimum Gasteiger partial charge on any atom is -0.360 e. The zero-order chi connectivity index (χ0) is 17.8. The van der Waals surface area contributed by atoms with Crippen LogP contribution in [-0.4, -0.2) is 57.9 Å².